The lowest BCUT2D eigenvalue weighted by molar-refractivity contribution is 0.567. The second-order valence-corrected chi connectivity index (χ2v) is 6.27. The van der Waals surface area contributed by atoms with Gasteiger partial charge in [-0.1, -0.05) is 11.6 Å². The molecule has 1 saturated carbocycles. The predicted octanol–water partition coefficient (Wildman–Crippen LogP) is 3.60. The molecule has 0 aromatic carbocycles. The van der Waals surface area contributed by atoms with Crippen LogP contribution in [0.1, 0.15) is 43.7 Å². The van der Waals surface area contributed by atoms with Crippen LogP contribution >= 0.6 is 34.2 Å². The number of piperidine rings is 1. The average molecular weight is 364 g/mol. The smallest absolute Gasteiger partial charge is 0.227 e. The van der Waals surface area contributed by atoms with Crippen molar-refractivity contribution < 1.29 is 0 Å². The van der Waals surface area contributed by atoms with E-state index in [1.807, 2.05) is 0 Å². The van der Waals surface area contributed by atoms with Crippen LogP contribution in [0, 0.1) is 3.57 Å². The largest absolute Gasteiger partial charge is 0.341 e. The van der Waals surface area contributed by atoms with E-state index in [1.54, 1.807) is 0 Å². The summed E-state index contributed by atoms with van der Waals surface area (Å²) < 4.78 is 1.05. The standard InChI is InChI=1S/C12H15ClIN3/c13-11-9(14)10(8-4-5-8)15-12(16-11)17-6-2-1-3-7-17/h8H,1-7H2. The molecule has 2 fully saturated rings. The predicted molar refractivity (Wildman–Crippen MR) is 77.8 cm³/mol. The van der Waals surface area contributed by atoms with Gasteiger partial charge < -0.3 is 4.90 Å². The van der Waals surface area contributed by atoms with Crippen molar-refractivity contribution in [3.05, 3.63) is 14.4 Å². The molecule has 17 heavy (non-hydrogen) atoms. The molecular formula is C12H15ClIN3. The summed E-state index contributed by atoms with van der Waals surface area (Å²) in [6, 6.07) is 0. The van der Waals surface area contributed by atoms with Crippen LogP contribution in [0.25, 0.3) is 0 Å². The van der Waals surface area contributed by atoms with Crippen LogP contribution in [0.5, 0.6) is 0 Å². The summed E-state index contributed by atoms with van der Waals surface area (Å²) in [5.41, 5.74) is 1.17. The quantitative estimate of drug-likeness (QED) is 0.594. The summed E-state index contributed by atoms with van der Waals surface area (Å²) in [7, 11) is 0. The molecule has 0 atom stereocenters. The molecular weight excluding hydrogens is 349 g/mol. The van der Waals surface area contributed by atoms with Gasteiger partial charge >= 0.3 is 0 Å². The van der Waals surface area contributed by atoms with Gasteiger partial charge in [0.05, 0.1) is 9.26 Å². The van der Waals surface area contributed by atoms with Crippen LogP contribution in [0.2, 0.25) is 5.15 Å². The highest BCUT2D eigenvalue weighted by molar-refractivity contribution is 14.1. The third-order valence-electron chi connectivity index (χ3n) is 3.43. The van der Waals surface area contributed by atoms with Gasteiger partial charge in [0.2, 0.25) is 5.95 Å². The molecule has 0 spiro atoms. The van der Waals surface area contributed by atoms with Crippen LogP contribution in [0.15, 0.2) is 0 Å². The van der Waals surface area contributed by atoms with Gasteiger partial charge in [-0.05, 0) is 54.7 Å². The highest BCUT2D eigenvalue weighted by Gasteiger charge is 2.30. The zero-order valence-corrected chi connectivity index (χ0v) is 12.5. The Morgan fingerprint density at radius 3 is 2.47 bits per heavy atom. The van der Waals surface area contributed by atoms with E-state index in [9.17, 15) is 0 Å². The average Bonchev–Trinajstić information content (AvgIpc) is 3.18. The highest BCUT2D eigenvalue weighted by Crippen LogP contribution is 2.42. The van der Waals surface area contributed by atoms with Gasteiger partial charge in [-0.2, -0.15) is 4.98 Å². The normalized spacial score (nSPS) is 20.7. The zero-order chi connectivity index (χ0) is 11.8. The summed E-state index contributed by atoms with van der Waals surface area (Å²) >= 11 is 8.50. The zero-order valence-electron chi connectivity index (χ0n) is 9.62. The molecule has 1 aliphatic carbocycles. The second-order valence-electron chi connectivity index (χ2n) is 4.84. The number of hydrogen-bond acceptors (Lipinski definition) is 3. The van der Waals surface area contributed by atoms with E-state index >= 15 is 0 Å². The number of rotatable bonds is 2. The fraction of sp³-hybridized carbons (Fsp3) is 0.667. The molecule has 1 aromatic rings. The summed E-state index contributed by atoms with van der Waals surface area (Å²) in [5.74, 6) is 1.47. The van der Waals surface area contributed by atoms with Crippen molar-refractivity contribution in [2.45, 2.75) is 38.0 Å². The Balaban J connectivity index is 1.93. The third kappa shape index (κ3) is 2.52. The molecule has 1 aromatic heterocycles. The van der Waals surface area contributed by atoms with E-state index in [1.165, 1.54) is 37.8 Å². The van der Waals surface area contributed by atoms with Crippen molar-refractivity contribution in [2.75, 3.05) is 18.0 Å². The van der Waals surface area contributed by atoms with Gasteiger partial charge in [-0.25, -0.2) is 4.98 Å². The Morgan fingerprint density at radius 2 is 1.82 bits per heavy atom. The molecule has 0 N–H and O–H groups in total. The molecule has 92 valence electrons. The van der Waals surface area contributed by atoms with E-state index < -0.39 is 0 Å². The highest BCUT2D eigenvalue weighted by atomic mass is 127. The van der Waals surface area contributed by atoms with Crippen LogP contribution in [-0.2, 0) is 0 Å². The molecule has 1 aliphatic heterocycles. The lowest BCUT2D eigenvalue weighted by Gasteiger charge is -2.27. The Bertz CT molecular complexity index is 428. The van der Waals surface area contributed by atoms with E-state index in [0.717, 1.165) is 22.6 Å². The summed E-state index contributed by atoms with van der Waals surface area (Å²) in [4.78, 5) is 11.5. The van der Waals surface area contributed by atoms with Gasteiger partial charge in [0.15, 0.2) is 0 Å². The third-order valence-corrected chi connectivity index (χ3v) is 5.08. The van der Waals surface area contributed by atoms with E-state index in [4.69, 9.17) is 16.6 Å². The monoisotopic (exact) mass is 363 g/mol. The van der Waals surface area contributed by atoms with Gasteiger partial charge in [0.1, 0.15) is 5.15 Å². The second kappa shape index (κ2) is 4.88. The Hall–Kier alpha value is -0.100. The maximum absolute atomic E-state index is 6.22. The lowest BCUT2D eigenvalue weighted by atomic mass is 10.1. The molecule has 0 amide bonds. The first kappa shape index (κ1) is 12.0. The molecule has 2 aliphatic rings. The number of halogens is 2. The lowest BCUT2D eigenvalue weighted by Crippen LogP contribution is -2.31. The van der Waals surface area contributed by atoms with E-state index in [0.29, 0.717) is 11.1 Å². The minimum absolute atomic E-state index is 0.628. The van der Waals surface area contributed by atoms with Gasteiger partial charge in [-0.15, -0.1) is 0 Å². The Labute approximate surface area is 120 Å². The molecule has 2 heterocycles. The molecule has 1 saturated heterocycles. The van der Waals surface area contributed by atoms with Crippen LogP contribution in [0.3, 0.4) is 0 Å². The number of hydrogen-bond donors (Lipinski definition) is 0. The van der Waals surface area contributed by atoms with Crippen molar-refractivity contribution in [3.63, 3.8) is 0 Å². The van der Waals surface area contributed by atoms with Crippen molar-refractivity contribution in [1.82, 2.24) is 9.97 Å². The minimum atomic E-state index is 0.628. The first-order chi connectivity index (χ1) is 8.25. The van der Waals surface area contributed by atoms with Crippen molar-refractivity contribution in [2.24, 2.45) is 0 Å². The minimum Gasteiger partial charge on any atom is -0.341 e. The molecule has 0 unspecified atom stereocenters. The molecule has 3 rings (SSSR count). The van der Waals surface area contributed by atoms with Crippen molar-refractivity contribution >= 4 is 40.1 Å². The molecule has 5 heteroatoms. The van der Waals surface area contributed by atoms with Gasteiger partial charge in [0, 0.05) is 19.0 Å². The van der Waals surface area contributed by atoms with Crippen LogP contribution < -0.4 is 4.90 Å². The van der Waals surface area contributed by atoms with E-state index in [-0.39, 0.29) is 0 Å². The SMILES string of the molecule is Clc1nc(N2CCCCC2)nc(C2CC2)c1I. The number of anilines is 1. The van der Waals surface area contributed by atoms with Gasteiger partial charge in [-0.3, -0.25) is 0 Å². The Kier molecular flexibility index (Phi) is 3.43. The molecule has 0 bridgehead atoms. The summed E-state index contributed by atoms with van der Waals surface area (Å²) in [6.45, 7) is 2.14. The summed E-state index contributed by atoms with van der Waals surface area (Å²) in [6.07, 6.45) is 6.31. The maximum atomic E-state index is 6.22. The first-order valence-electron chi connectivity index (χ1n) is 6.23. The summed E-state index contributed by atoms with van der Waals surface area (Å²) in [5, 5.41) is 0.628. The van der Waals surface area contributed by atoms with E-state index in [2.05, 4.69) is 32.5 Å². The molecule has 0 radical (unpaired) electrons. The fourth-order valence-electron chi connectivity index (χ4n) is 2.29. The van der Waals surface area contributed by atoms with Crippen LogP contribution in [0.4, 0.5) is 5.95 Å². The first-order valence-corrected chi connectivity index (χ1v) is 7.69. The van der Waals surface area contributed by atoms with Crippen molar-refractivity contribution in [3.8, 4) is 0 Å². The number of nitrogens with zero attached hydrogens (tertiary/aromatic N) is 3. The van der Waals surface area contributed by atoms with Gasteiger partial charge in [0.25, 0.3) is 0 Å². The maximum Gasteiger partial charge on any atom is 0.227 e. The fourth-order valence-corrected chi connectivity index (χ4v) is 3.14. The Morgan fingerprint density at radius 1 is 1.12 bits per heavy atom. The van der Waals surface area contributed by atoms with Crippen LogP contribution in [-0.4, -0.2) is 23.1 Å². The molecule has 3 nitrogen and oxygen atoms in total. The van der Waals surface area contributed by atoms with Crippen molar-refractivity contribution in [1.29, 1.82) is 0 Å². The topological polar surface area (TPSA) is 29.0 Å². The number of aromatic nitrogens is 2.